The lowest BCUT2D eigenvalue weighted by molar-refractivity contribution is -0.117. The molecule has 0 saturated heterocycles. The Labute approximate surface area is 198 Å². The molecule has 1 atom stereocenters. The van der Waals surface area contributed by atoms with Crippen LogP contribution < -0.4 is 4.90 Å². The smallest absolute Gasteiger partial charge is 0.296 e. The van der Waals surface area contributed by atoms with Crippen molar-refractivity contribution in [3.05, 3.63) is 93.6 Å². The van der Waals surface area contributed by atoms with E-state index in [9.17, 15) is 14.7 Å². The zero-order valence-electron chi connectivity index (χ0n) is 17.8. The number of ketones is 1. The van der Waals surface area contributed by atoms with E-state index in [2.05, 4.69) is 11.9 Å². The van der Waals surface area contributed by atoms with Gasteiger partial charge in [0, 0.05) is 5.02 Å². The van der Waals surface area contributed by atoms with Crippen LogP contribution in [0.3, 0.4) is 0 Å². The summed E-state index contributed by atoms with van der Waals surface area (Å²) in [5, 5.41) is 11.8. The van der Waals surface area contributed by atoms with E-state index in [-0.39, 0.29) is 11.3 Å². The fourth-order valence-electron chi connectivity index (χ4n) is 3.96. The Morgan fingerprint density at radius 1 is 1.18 bits per heavy atom. The number of anilines is 1. The van der Waals surface area contributed by atoms with Crippen LogP contribution in [0, 0.1) is 6.92 Å². The van der Waals surface area contributed by atoms with Crippen LogP contribution in [0.15, 0.2) is 70.3 Å². The monoisotopic (exact) mass is 478 g/mol. The number of carbonyl (C=O) groups is 2. The molecule has 0 bridgehead atoms. The summed E-state index contributed by atoms with van der Waals surface area (Å²) in [6.07, 6.45) is 0.878. The molecule has 1 aliphatic rings. The SMILES string of the molecule is CCc1ccc2nc(N3C(=O)C(O)=C(C(=O)c4ccc(C)o4)[C@H]3c3ccc(Cl)cc3)sc2c1. The van der Waals surface area contributed by atoms with Gasteiger partial charge in [-0.1, -0.05) is 48.1 Å². The van der Waals surface area contributed by atoms with E-state index in [1.165, 1.54) is 22.3 Å². The van der Waals surface area contributed by atoms with Crippen LogP contribution in [0.5, 0.6) is 0 Å². The van der Waals surface area contributed by atoms with Crippen molar-refractivity contribution in [1.82, 2.24) is 4.98 Å². The number of carbonyl (C=O) groups excluding carboxylic acids is 2. The first kappa shape index (κ1) is 21.4. The first-order valence-corrected chi connectivity index (χ1v) is 11.6. The summed E-state index contributed by atoms with van der Waals surface area (Å²) in [5.41, 5.74) is 2.47. The summed E-state index contributed by atoms with van der Waals surface area (Å²) in [5.74, 6) is -1.23. The van der Waals surface area contributed by atoms with Crippen LogP contribution in [-0.4, -0.2) is 21.8 Å². The van der Waals surface area contributed by atoms with E-state index in [4.69, 9.17) is 16.0 Å². The fourth-order valence-corrected chi connectivity index (χ4v) is 5.15. The van der Waals surface area contributed by atoms with Gasteiger partial charge in [0.05, 0.1) is 21.8 Å². The molecule has 4 aromatic rings. The number of Topliss-reactive ketones (excluding diaryl/α,β-unsaturated/α-hetero) is 1. The average Bonchev–Trinajstić information content (AvgIpc) is 3.49. The van der Waals surface area contributed by atoms with Gasteiger partial charge >= 0.3 is 0 Å². The molecule has 0 aliphatic carbocycles. The second-order valence-corrected chi connectivity index (χ2v) is 9.23. The molecule has 1 amide bonds. The zero-order chi connectivity index (χ0) is 23.3. The van der Waals surface area contributed by atoms with Gasteiger partial charge in [-0.25, -0.2) is 4.98 Å². The molecule has 2 aromatic carbocycles. The van der Waals surface area contributed by atoms with Gasteiger partial charge in [0.15, 0.2) is 16.7 Å². The van der Waals surface area contributed by atoms with Crippen molar-refractivity contribution in [2.45, 2.75) is 26.3 Å². The molecule has 0 unspecified atom stereocenters. The van der Waals surface area contributed by atoms with Crippen LogP contribution in [0.4, 0.5) is 5.13 Å². The number of aliphatic hydroxyl groups excluding tert-OH is 1. The summed E-state index contributed by atoms with van der Waals surface area (Å²) < 4.78 is 6.42. The molecule has 0 saturated carbocycles. The van der Waals surface area contributed by atoms with Gasteiger partial charge in [0.1, 0.15) is 5.76 Å². The molecule has 5 rings (SSSR count). The van der Waals surface area contributed by atoms with Crippen LogP contribution in [-0.2, 0) is 11.2 Å². The molecule has 33 heavy (non-hydrogen) atoms. The molecule has 1 N–H and O–H groups in total. The van der Waals surface area contributed by atoms with Crippen LogP contribution >= 0.6 is 22.9 Å². The minimum absolute atomic E-state index is 0.0508. The number of nitrogens with zero attached hydrogens (tertiary/aromatic N) is 2. The molecule has 0 radical (unpaired) electrons. The number of aliphatic hydroxyl groups is 1. The van der Waals surface area contributed by atoms with Crippen LogP contribution in [0.2, 0.25) is 5.02 Å². The van der Waals surface area contributed by atoms with Gasteiger partial charge < -0.3 is 9.52 Å². The Balaban J connectivity index is 1.66. The Morgan fingerprint density at radius 2 is 1.94 bits per heavy atom. The Bertz CT molecular complexity index is 1430. The second-order valence-electron chi connectivity index (χ2n) is 7.78. The Morgan fingerprint density at radius 3 is 2.61 bits per heavy atom. The molecule has 6 nitrogen and oxygen atoms in total. The second kappa shape index (κ2) is 8.17. The molecule has 166 valence electrons. The standard InChI is InChI=1S/C25H19ClN2O4S/c1-3-14-5-10-17-19(12-14)33-25(27-17)28-21(15-6-8-16(26)9-7-15)20(23(30)24(28)31)22(29)18-11-4-13(2)32-18/h4-12,21,30H,3H2,1-2H3/t21-/m1/s1. The lowest BCUT2D eigenvalue weighted by Gasteiger charge is -2.24. The van der Waals surface area contributed by atoms with Gasteiger partial charge in [0.2, 0.25) is 5.78 Å². The lowest BCUT2D eigenvalue weighted by Crippen LogP contribution is -2.30. The minimum atomic E-state index is -0.876. The average molecular weight is 479 g/mol. The number of thiazole rings is 1. The molecular weight excluding hydrogens is 460 g/mol. The largest absolute Gasteiger partial charge is 0.503 e. The van der Waals surface area contributed by atoms with Crippen molar-refractivity contribution in [2.24, 2.45) is 0 Å². The highest BCUT2D eigenvalue weighted by Crippen LogP contribution is 2.44. The number of aryl methyl sites for hydroxylation is 2. The number of aromatic nitrogens is 1. The molecule has 2 aromatic heterocycles. The fraction of sp³-hybridized carbons (Fsp3) is 0.160. The zero-order valence-corrected chi connectivity index (χ0v) is 19.4. The Hall–Kier alpha value is -3.42. The molecule has 3 heterocycles. The summed E-state index contributed by atoms with van der Waals surface area (Å²) in [7, 11) is 0. The maximum absolute atomic E-state index is 13.4. The maximum atomic E-state index is 13.4. The number of hydrogen-bond donors (Lipinski definition) is 1. The first-order valence-electron chi connectivity index (χ1n) is 10.4. The van der Waals surface area contributed by atoms with Crippen LogP contribution in [0.1, 0.15) is 40.4 Å². The molecule has 1 aliphatic heterocycles. The quantitative estimate of drug-likeness (QED) is 0.345. The third-order valence-corrected chi connectivity index (χ3v) is 6.93. The van der Waals surface area contributed by atoms with Gasteiger partial charge in [-0.05, 0) is 60.9 Å². The van der Waals surface area contributed by atoms with Gasteiger partial charge in [0.25, 0.3) is 5.91 Å². The summed E-state index contributed by atoms with van der Waals surface area (Å²) in [4.78, 5) is 32.7. The van der Waals surface area contributed by atoms with Crippen molar-refractivity contribution in [2.75, 3.05) is 4.90 Å². The highest BCUT2D eigenvalue weighted by atomic mass is 35.5. The normalized spacial score (nSPS) is 16.3. The van der Waals surface area contributed by atoms with Crippen molar-refractivity contribution >= 4 is 50.0 Å². The van der Waals surface area contributed by atoms with Gasteiger partial charge in [-0.2, -0.15) is 0 Å². The third-order valence-electron chi connectivity index (χ3n) is 5.66. The predicted molar refractivity (Wildman–Crippen MR) is 128 cm³/mol. The number of fused-ring (bicyclic) bond motifs is 1. The van der Waals surface area contributed by atoms with E-state index in [1.807, 2.05) is 18.2 Å². The number of hydrogen-bond acceptors (Lipinski definition) is 6. The third kappa shape index (κ3) is 3.63. The first-order chi connectivity index (χ1) is 15.9. The number of furan rings is 1. The highest BCUT2D eigenvalue weighted by molar-refractivity contribution is 7.22. The molecule has 8 heteroatoms. The van der Waals surface area contributed by atoms with Crippen molar-refractivity contribution in [3.63, 3.8) is 0 Å². The van der Waals surface area contributed by atoms with Crippen molar-refractivity contribution in [1.29, 1.82) is 0 Å². The van der Waals surface area contributed by atoms with Crippen LogP contribution in [0.25, 0.3) is 10.2 Å². The van der Waals surface area contributed by atoms with Gasteiger partial charge in [-0.15, -0.1) is 0 Å². The number of halogens is 1. The summed E-state index contributed by atoms with van der Waals surface area (Å²) >= 11 is 7.41. The number of rotatable bonds is 5. The Kier molecular flexibility index (Phi) is 5.31. The molecular formula is C25H19ClN2O4S. The highest BCUT2D eigenvalue weighted by Gasteiger charge is 2.46. The summed E-state index contributed by atoms with van der Waals surface area (Å²) in [6.45, 7) is 3.79. The number of benzene rings is 2. The van der Waals surface area contributed by atoms with E-state index in [0.717, 1.165) is 22.2 Å². The van der Waals surface area contributed by atoms with Gasteiger partial charge in [-0.3, -0.25) is 14.5 Å². The van der Waals surface area contributed by atoms with E-state index in [1.54, 1.807) is 37.3 Å². The predicted octanol–water partition coefficient (Wildman–Crippen LogP) is 6.20. The molecule has 0 fully saturated rings. The van der Waals surface area contributed by atoms with E-state index >= 15 is 0 Å². The summed E-state index contributed by atoms with van der Waals surface area (Å²) in [6, 6.07) is 15.1. The van der Waals surface area contributed by atoms with E-state index < -0.39 is 23.5 Å². The van der Waals surface area contributed by atoms with E-state index in [0.29, 0.717) is 21.5 Å². The topological polar surface area (TPSA) is 83.6 Å². The van der Waals surface area contributed by atoms with Crippen molar-refractivity contribution in [3.8, 4) is 0 Å². The number of amides is 1. The molecule has 0 spiro atoms. The van der Waals surface area contributed by atoms with Crippen molar-refractivity contribution < 1.29 is 19.1 Å². The lowest BCUT2D eigenvalue weighted by atomic mass is 9.95. The minimum Gasteiger partial charge on any atom is -0.503 e. The maximum Gasteiger partial charge on any atom is 0.296 e.